The van der Waals surface area contributed by atoms with Gasteiger partial charge in [-0.05, 0) is 23.8 Å². The second-order valence-electron chi connectivity index (χ2n) is 7.11. The predicted molar refractivity (Wildman–Crippen MR) is 87.4 cm³/mol. The molecule has 1 fully saturated rings. The van der Waals surface area contributed by atoms with Crippen molar-refractivity contribution in [1.29, 1.82) is 0 Å². The summed E-state index contributed by atoms with van der Waals surface area (Å²) in [6, 6.07) is 10.4. The number of nitrogens with zero attached hydrogens (tertiary/aromatic N) is 2. The molecule has 2 aromatic rings. The average molecular weight is 300 g/mol. The van der Waals surface area contributed by atoms with E-state index in [4.69, 9.17) is 0 Å². The highest BCUT2D eigenvalue weighted by Gasteiger charge is 2.51. The quantitative estimate of drug-likeness (QED) is 0.907. The minimum absolute atomic E-state index is 0.0994. The van der Waals surface area contributed by atoms with Crippen LogP contribution in [0.4, 0.5) is 0 Å². The molecule has 0 saturated carbocycles. The highest BCUT2D eigenvalue weighted by Crippen LogP contribution is 2.45. The minimum Gasteiger partial charge on any atom is -0.396 e. The molecular weight excluding hydrogens is 276 g/mol. The third-order valence-electron chi connectivity index (χ3n) is 5.37. The van der Waals surface area contributed by atoms with E-state index in [1.807, 2.05) is 12.3 Å². The molecule has 2 heterocycles. The molecule has 4 heteroatoms. The molecular formula is C18H24N2O2. The smallest absolute Gasteiger partial charge is 0.0702 e. The number of likely N-dealkylation sites (tertiary alicyclic amines) is 1. The molecule has 0 amide bonds. The number of hydrogen-bond acceptors (Lipinski definition) is 4. The fourth-order valence-electron chi connectivity index (χ4n) is 3.50. The molecule has 3 rings (SSSR count). The van der Waals surface area contributed by atoms with Gasteiger partial charge in [0.1, 0.15) is 0 Å². The Hall–Kier alpha value is -1.49. The summed E-state index contributed by atoms with van der Waals surface area (Å²) in [5.74, 6) is 0. The summed E-state index contributed by atoms with van der Waals surface area (Å²) >= 11 is 0. The van der Waals surface area contributed by atoms with Gasteiger partial charge < -0.3 is 10.2 Å². The molecule has 1 aromatic carbocycles. The van der Waals surface area contributed by atoms with Gasteiger partial charge in [-0.2, -0.15) is 0 Å². The number of benzene rings is 1. The average Bonchev–Trinajstić information content (AvgIpc) is 2.79. The van der Waals surface area contributed by atoms with Crippen molar-refractivity contribution in [2.24, 2.45) is 10.8 Å². The zero-order valence-electron chi connectivity index (χ0n) is 13.3. The highest BCUT2D eigenvalue weighted by molar-refractivity contribution is 5.78. The SMILES string of the molecule is C[C@]1(CO)CN(Cc2ccc3ncccc3c2)C[C@@]1(C)CO. The first-order valence-corrected chi connectivity index (χ1v) is 7.77. The summed E-state index contributed by atoms with van der Waals surface area (Å²) in [5, 5.41) is 20.7. The van der Waals surface area contributed by atoms with E-state index in [0.717, 1.165) is 30.5 Å². The number of aliphatic hydroxyl groups is 2. The lowest BCUT2D eigenvalue weighted by molar-refractivity contribution is 0.00976. The Bertz CT molecular complexity index is 657. The lowest BCUT2D eigenvalue weighted by atomic mass is 9.69. The molecule has 118 valence electrons. The molecule has 22 heavy (non-hydrogen) atoms. The van der Waals surface area contributed by atoms with Crippen LogP contribution in [0.25, 0.3) is 10.9 Å². The maximum Gasteiger partial charge on any atom is 0.0702 e. The maximum absolute atomic E-state index is 9.77. The summed E-state index contributed by atoms with van der Waals surface area (Å²) in [7, 11) is 0. The van der Waals surface area contributed by atoms with Crippen LogP contribution in [0.2, 0.25) is 0 Å². The normalized spacial score (nSPS) is 29.3. The molecule has 0 bridgehead atoms. The number of fused-ring (bicyclic) bond motifs is 1. The Labute approximate surface area is 131 Å². The Balaban J connectivity index is 1.81. The number of rotatable bonds is 4. The number of pyridine rings is 1. The van der Waals surface area contributed by atoms with Gasteiger partial charge >= 0.3 is 0 Å². The van der Waals surface area contributed by atoms with Crippen molar-refractivity contribution >= 4 is 10.9 Å². The van der Waals surface area contributed by atoms with E-state index < -0.39 is 0 Å². The van der Waals surface area contributed by atoms with Crippen molar-refractivity contribution in [2.45, 2.75) is 20.4 Å². The zero-order chi connectivity index (χ0) is 15.8. The first kappa shape index (κ1) is 15.4. The van der Waals surface area contributed by atoms with E-state index in [1.165, 1.54) is 5.56 Å². The van der Waals surface area contributed by atoms with E-state index in [2.05, 4.69) is 48.0 Å². The molecule has 1 aromatic heterocycles. The van der Waals surface area contributed by atoms with Crippen molar-refractivity contribution < 1.29 is 10.2 Å². The van der Waals surface area contributed by atoms with E-state index in [1.54, 1.807) is 0 Å². The van der Waals surface area contributed by atoms with E-state index in [-0.39, 0.29) is 24.0 Å². The van der Waals surface area contributed by atoms with Gasteiger partial charge in [-0.1, -0.05) is 26.0 Å². The fraction of sp³-hybridized carbons (Fsp3) is 0.500. The maximum atomic E-state index is 9.77. The molecule has 0 unspecified atom stereocenters. The molecule has 2 atom stereocenters. The van der Waals surface area contributed by atoms with Crippen molar-refractivity contribution in [3.8, 4) is 0 Å². The van der Waals surface area contributed by atoms with Crippen LogP contribution in [0.15, 0.2) is 36.5 Å². The third kappa shape index (κ3) is 2.51. The summed E-state index contributed by atoms with van der Waals surface area (Å²) in [5.41, 5.74) is 1.72. The molecule has 1 saturated heterocycles. The lowest BCUT2D eigenvalue weighted by Crippen LogP contribution is -2.41. The largest absolute Gasteiger partial charge is 0.396 e. The summed E-state index contributed by atoms with van der Waals surface area (Å²) in [6.45, 7) is 6.75. The lowest BCUT2D eigenvalue weighted by Gasteiger charge is -2.36. The Kier molecular flexibility index (Phi) is 3.93. The molecule has 4 nitrogen and oxygen atoms in total. The standard InChI is InChI=1S/C18H24N2O2/c1-17(12-21)10-20(11-18(17,2)13-22)9-14-5-6-16-15(8-14)4-3-7-19-16/h3-8,21-22H,9-13H2,1-2H3/t17-,18+. The molecule has 2 N–H and O–H groups in total. The summed E-state index contributed by atoms with van der Waals surface area (Å²) in [4.78, 5) is 6.67. The minimum atomic E-state index is -0.264. The van der Waals surface area contributed by atoms with Crippen LogP contribution in [-0.2, 0) is 6.54 Å². The van der Waals surface area contributed by atoms with Crippen LogP contribution in [-0.4, -0.2) is 46.4 Å². The van der Waals surface area contributed by atoms with E-state index >= 15 is 0 Å². The van der Waals surface area contributed by atoms with E-state index in [0.29, 0.717) is 0 Å². The van der Waals surface area contributed by atoms with Gasteiger partial charge in [0, 0.05) is 42.0 Å². The molecule has 0 spiro atoms. The number of hydrogen-bond donors (Lipinski definition) is 2. The topological polar surface area (TPSA) is 56.6 Å². The summed E-state index contributed by atoms with van der Waals surface area (Å²) in [6.07, 6.45) is 1.81. The van der Waals surface area contributed by atoms with Crippen molar-refractivity contribution in [1.82, 2.24) is 9.88 Å². The Morgan fingerprint density at radius 3 is 2.41 bits per heavy atom. The fourth-order valence-corrected chi connectivity index (χ4v) is 3.50. The van der Waals surface area contributed by atoms with E-state index in [9.17, 15) is 10.2 Å². The zero-order valence-corrected chi connectivity index (χ0v) is 13.3. The van der Waals surface area contributed by atoms with Crippen LogP contribution in [0, 0.1) is 10.8 Å². The van der Waals surface area contributed by atoms with Crippen LogP contribution < -0.4 is 0 Å². The third-order valence-corrected chi connectivity index (χ3v) is 5.37. The van der Waals surface area contributed by atoms with Crippen molar-refractivity contribution in [3.05, 3.63) is 42.1 Å². The van der Waals surface area contributed by atoms with Gasteiger partial charge in [-0.15, -0.1) is 0 Å². The monoisotopic (exact) mass is 300 g/mol. The van der Waals surface area contributed by atoms with Gasteiger partial charge in [-0.25, -0.2) is 0 Å². The first-order valence-electron chi connectivity index (χ1n) is 7.77. The van der Waals surface area contributed by atoms with Crippen LogP contribution in [0.5, 0.6) is 0 Å². The Morgan fingerprint density at radius 2 is 1.77 bits per heavy atom. The van der Waals surface area contributed by atoms with Gasteiger partial charge in [0.2, 0.25) is 0 Å². The Morgan fingerprint density at radius 1 is 1.09 bits per heavy atom. The predicted octanol–water partition coefficient (Wildman–Crippen LogP) is 2.05. The van der Waals surface area contributed by atoms with Crippen LogP contribution in [0.1, 0.15) is 19.4 Å². The van der Waals surface area contributed by atoms with Gasteiger partial charge in [0.15, 0.2) is 0 Å². The van der Waals surface area contributed by atoms with Crippen molar-refractivity contribution in [2.75, 3.05) is 26.3 Å². The first-order chi connectivity index (χ1) is 10.5. The molecule has 1 aliphatic heterocycles. The summed E-state index contributed by atoms with van der Waals surface area (Å²) < 4.78 is 0. The molecule has 1 aliphatic rings. The van der Waals surface area contributed by atoms with Gasteiger partial charge in [0.05, 0.1) is 18.7 Å². The second-order valence-corrected chi connectivity index (χ2v) is 7.11. The molecule has 0 aliphatic carbocycles. The van der Waals surface area contributed by atoms with Crippen molar-refractivity contribution in [3.63, 3.8) is 0 Å². The highest BCUT2D eigenvalue weighted by atomic mass is 16.3. The van der Waals surface area contributed by atoms with Crippen LogP contribution in [0.3, 0.4) is 0 Å². The van der Waals surface area contributed by atoms with Gasteiger partial charge in [-0.3, -0.25) is 9.88 Å². The second kappa shape index (κ2) is 5.61. The van der Waals surface area contributed by atoms with Crippen LogP contribution >= 0.6 is 0 Å². The number of aromatic nitrogens is 1. The van der Waals surface area contributed by atoms with Gasteiger partial charge in [0.25, 0.3) is 0 Å². The molecule has 0 radical (unpaired) electrons. The number of aliphatic hydroxyl groups excluding tert-OH is 2.